The minimum atomic E-state index is -3.76. The highest BCUT2D eigenvalue weighted by atomic mass is 35.5. The first-order chi connectivity index (χ1) is 14.4. The molecule has 2 heterocycles. The smallest absolute Gasteiger partial charge is 0.257 e. The summed E-state index contributed by atoms with van der Waals surface area (Å²) < 4.78 is 27.4. The molecule has 0 unspecified atom stereocenters. The summed E-state index contributed by atoms with van der Waals surface area (Å²) in [5.74, 6) is -0.475. The van der Waals surface area contributed by atoms with E-state index < -0.39 is 15.9 Å². The summed E-state index contributed by atoms with van der Waals surface area (Å²) >= 11 is 7.42. The standard InChI is InChI=1S/C20H19ClN4O3S2/c21-16-10-9-15(13-17(16)30(27,28)25-11-5-2-6-12-25)18(26)22-20-24-23-19(29-20)14-7-3-1-4-8-14/h1,3-4,7-10,13H,2,5-6,11-12H2,(H,22,24,26). The van der Waals surface area contributed by atoms with Crippen LogP contribution in [0.25, 0.3) is 10.6 Å². The average molecular weight is 463 g/mol. The van der Waals surface area contributed by atoms with Crippen molar-refractivity contribution in [1.82, 2.24) is 14.5 Å². The van der Waals surface area contributed by atoms with Gasteiger partial charge in [-0.1, -0.05) is 59.7 Å². The van der Waals surface area contributed by atoms with Crippen molar-refractivity contribution < 1.29 is 13.2 Å². The molecule has 156 valence electrons. The van der Waals surface area contributed by atoms with Gasteiger partial charge in [-0.25, -0.2) is 8.42 Å². The van der Waals surface area contributed by atoms with E-state index >= 15 is 0 Å². The van der Waals surface area contributed by atoms with Crippen molar-refractivity contribution >= 4 is 44.0 Å². The lowest BCUT2D eigenvalue weighted by Crippen LogP contribution is -2.35. The predicted molar refractivity (Wildman–Crippen MR) is 117 cm³/mol. The number of anilines is 1. The van der Waals surface area contributed by atoms with E-state index in [9.17, 15) is 13.2 Å². The molecular formula is C20H19ClN4O3S2. The van der Waals surface area contributed by atoms with E-state index in [2.05, 4.69) is 15.5 Å². The molecule has 0 aliphatic carbocycles. The lowest BCUT2D eigenvalue weighted by molar-refractivity contribution is 0.102. The highest BCUT2D eigenvalue weighted by Crippen LogP contribution is 2.29. The van der Waals surface area contributed by atoms with E-state index in [0.717, 1.165) is 24.8 Å². The molecule has 1 aliphatic rings. The molecule has 0 atom stereocenters. The third kappa shape index (κ3) is 4.39. The summed E-state index contributed by atoms with van der Waals surface area (Å²) in [6.45, 7) is 0.921. The molecule has 0 bridgehead atoms. The van der Waals surface area contributed by atoms with Gasteiger partial charge < -0.3 is 0 Å². The van der Waals surface area contributed by atoms with Crippen LogP contribution in [-0.4, -0.2) is 41.9 Å². The van der Waals surface area contributed by atoms with Gasteiger partial charge in [-0.05, 0) is 31.0 Å². The molecule has 0 saturated carbocycles. The summed E-state index contributed by atoms with van der Waals surface area (Å²) in [6, 6.07) is 13.8. The monoisotopic (exact) mass is 462 g/mol. The second kappa shape index (κ2) is 8.81. The van der Waals surface area contributed by atoms with Crippen LogP contribution in [0.15, 0.2) is 53.4 Å². The lowest BCUT2D eigenvalue weighted by atomic mass is 10.2. The van der Waals surface area contributed by atoms with E-state index in [1.54, 1.807) is 0 Å². The fourth-order valence-electron chi connectivity index (χ4n) is 3.23. The number of benzene rings is 2. The molecule has 0 spiro atoms. The lowest BCUT2D eigenvalue weighted by Gasteiger charge is -2.26. The first-order valence-electron chi connectivity index (χ1n) is 9.45. The molecule has 1 aliphatic heterocycles. The number of amides is 1. The number of halogens is 1. The number of nitrogens with zero attached hydrogens (tertiary/aromatic N) is 3. The number of aromatic nitrogens is 2. The first kappa shape index (κ1) is 20.9. The van der Waals surface area contributed by atoms with Gasteiger partial charge in [-0.15, -0.1) is 10.2 Å². The van der Waals surface area contributed by atoms with Crippen LogP contribution in [0.1, 0.15) is 29.6 Å². The number of rotatable bonds is 5. The zero-order valence-electron chi connectivity index (χ0n) is 15.9. The number of carbonyl (C=O) groups is 1. The predicted octanol–water partition coefficient (Wildman–Crippen LogP) is 4.29. The molecule has 1 amide bonds. The molecule has 7 nitrogen and oxygen atoms in total. The number of nitrogens with one attached hydrogen (secondary N) is 1. The average Bonchev–Trinajstić information content (AvgIpc) is 3.23. The molecule has 0 radical (unpaired) electrons. The van der Waals surface area contributed by atoms with E-state index in [1.165, 1.54) is 33.8 Å². The van der Waals surface area contributed by atoms with Crippen LogP contribution < -0.4 is 5.32 Å². The summed E-state index contributed by atoms with van der Waals surface area (Å²) in [6.07, 6.45) is 2.64. The Morgan fingerprint density at radius 1 is 1.03 bits per heavy atom. The Balaban J connectivity index is 1.55. The molecule has 30 heavy (non-hydrogen) atoms. The summed E-state index contributed by atoms with van der Waals surface area (Å²) in [5.41, 5.74) is 1.09. The van der Waals surface area contributed by atoms with E-state index in [0.29, 0.717) is 23.2 Å². The Kier molecular flexibility index (Phi) is 6.14. The zero-order chi connectivity index (χ0) is 21.1. The second-order valence-electron chi connectivity index (χ2n) is 6.84. The van der Waals surface area contributed by atoms with Crippen molar-refractivity contribution in [3.63, 3.8) is 0 Å². The first-order valence-corrected chi connectivity index (χ1v) is 12.1. The second-order valence-corrected chi connectivity index (χ2v) is 10.1. The van der Waals surface area contributed by atoms with Crippen molar-refractivity contribution in [3.05, 3.63) is 59.1 Å². The molecule has 1 N–H and O–H groups in total. The van der Waals surface area contributed by atoms with Crippen LogP contribution in [0.5, 0.6) is 0 Å². The van der Waals surface area contributed by atoms with Crippen LogP contribution in [-0.2, 0) is 10.0 Å². The number of hydrogen-bond donors (Lipinski definition) is 1. The van der Waals surface area contributed by atoms with Crippen molar-refractivity contribution in [1.29, 1.82) is 0 Å². The van der Waals surface area contributed by atoms with Crippen molar-refractivity contribution in [3.8, 4) is 10.6 Å². The largest absolute Gasteiger partial charge is 0.296 e. The van der Waals surface area contributed by atoms with Gasteiger partial charge in [0.05, 0.1) is 5.02 Å². The van der Waals surface area contributed by atoms with Crippen molar-refractivity contribution in [2.45, 2.75) is 24.2 Å². The number of piperidine rings is 1. The molecule has 2 aromatic carbocycles. The number of carbonyl (C=O) groups excluding carboxylic acids is 1. The molecule has 10 heteroatoms. The Morgan fingerprint density at radius 3 is 2.50 bits per heavy atom. The quantitative estimate of drug-likeness (QED) is 0.610. The summed E-state index contributed by atoms with van der Waals surface area (Å²) in [7, 11) is -3.76. The molecule has 3 aromatic rings. The van der Waals surface area contributed by atoms with Crippen LogP contribution in [0, 0.1) is 0 Å². The zero-order valence-corrected chi connectivity index (χ0v) is 18.3. The van der Waals surface area contributed by atoms with Gasteiger partial charge in [0, 0.05) is 24.2 Å². The molecule has 1 saturated heterocycles. The van der Waals surface area contributed by atoms with E-state index in [4.69, 9.17) is 11.6 Å². The molecular weight excluding hydrogens is 444 g/mol. The van der Waals surface area contributed by atoms with Crippen LogP contribution >= 0.6 is 22.9 Å². The number of hydrogen-bond acceptors (Lipinski definition) is 6. The van der Waals surface area contributed by atoms with Crippen LogP contribution in [0.4, 0.5) is 5.13 Å². The maximum absolute atomic E-state index is 13.0. The maximum atomic E-state index is 13.0. The minimum Gasteiger partial charge on any atom is -0.296 e. The molecule has 1 aromatic heterocycles. The van der Waals surface area contributed by atoms with Crippen molar-refractivity contribution in [2.24, 2.45) is 0 Å². The SMILES string of the molecule is O=C(Nc1nnc(-c2ccccc2)s1)c1ccc(Cl)c(S(=O)(=O)N2CCCCC2)c1. The van der Waals surface area contributed by atoms with Gasteiger partial charge in [-0.2, -0.15) is 4.31 Å². The van der Waals surface area contributed by atoms with Gasteiger partial charge in [0.15, 0.2) is 0 Å². The summed E-state index contributed by atoms with van der Waals surface area (Å²) in [4.78, 5) is 12.6. The van der Waals surface area contributed by atoms with E-state index in [1.807, 2.05) is 30.3 Å². The topological polar surface area (TPSA) is 92.3 Å². The Hall–Kier alpha value is -2.33. The summed E-state index contributed by atoms with van der Waals surface area (Å²) in [5, 5.41) is 11.9. The normalized spacial score (nSPS) is 15.1. The molecule has 4 rings (SSSR count). The van der Waals surface area contributed by atoms with Gasteiger partial charge in [0.1, 0.15) is 9.90 Å². The number of sulfonamides is 1. The Morgan fingerprint density at radius 2 is 1.77 bits per heavy atom. The van der Waals surface area contributed by atoms with Gasteiger partial charge in [0.2, 0.25) is 15.2 Å². The Bertz CT molecular complexity index is 1160. The highest BCUT2D eigenvalue weighted by molar-refractivity contribution is 7.89. The van der Waals surface area contributed by atoms with Crippen molar-refractivity contribution in [2.75, 3.05) is 18.4 Å². The highest BCUT2D eigenvalue weighted by Gasteiger charge is 2.29. The maximum Gasteiger partial charge on any atom is 0.257 e. The third-order valence-corrected chi connectivity index (χ3v) is 8.06. The van der Waals surface area contributed by atoms with Crippen LogP contribution in [0.2, 0.25) is 5.02 Å². The fourth-order valence-corrected chi connectivity index (χ4v) is 5.99. The molecule has 1 fully saturated rings. The van der Waals surface area contributed by atoms with Gasteiger partial charge in [-0.3, -0.25) is 10.1 Å². The van der Waals surface area contributed by atoms with Gasteiger partial charge in [0.25, 0.3) is 5.91 Å². The minimum absolute atomic E-state index is 0.0547. The van der Waals surface area contributed by atoms with Gasteiger partial charge >= 0.3 is 0 Å². The fraction of sp³-hybridized carbons (Fsp3) is 0.250. The van der Waals surface area contributed by atoms with E-state index in [-0.39, 0.29) is 15.5 Å². The Labute approximate surface area is 183 Å². The van der Waals surface area contributed by atoms with Crippen LogP contribution in [0.3, 0.4) is 0 Å². The third-order valence-electron chi connectivity index (χ3n) is 4.79.